The second-order valence-electron chi connectivity index (χ2n) is 4.82. The minimum absolute atomic E-state index is 0.244. The molecule has 1 aromatic rings. The number of carbonyl (C=O) groups is 2. The summed E-state index contributed by atoms with van der Waals surface area (Å²) in [5.41, 5.74) is -0.244. The molecule has 1 fully saturated rings. The summed E-state index contributed by atoms with van der Waals surface area (Å²) in [6, 6.07) is 1.66. The first-order valence-electron chi connectivity index (χ1n) is 6.40. The lowest BCUT2D eigenvalue weighted by atomic mass is 9.80. The summed E-state index contributed by atoms with van der Waals surface area (Å²) in [5, 5.41) is 13.4. The van der Waals surface area contributed by atoms with E-state index in [1.165, 1.54) is 0 Å². The standard InChI is InChI=1S/C13H13F3N2O4/c14-7-1-2-10(22-12(15)16)9(5-7)18-13(21)17-8-3-6(4-8)11(19)20/h1-2,5-6,8,12H,3-4H2,(H,19,20)(H2,17,18,21). The number of nitrogens with one attached hydrogen (secondary N) is 2. The molecule has 0 aliphatic heterocycles. The number of carbonyl (C=O) groups excluding carboxylic acids is 1. The number of hydrogen-bond donors (Lipinski definition) is 3. The molecule has 6 nitrogen and oxygen atoms in total. The molecule has 1 aliphatic rings. The van der Waals surface area contributed by atoms with Gasteiger partial charge in [0.1, 0.15) is 11.6 Å². The van der Waals surface area contributed by atoms with Crippen molar-refractivity contribution in [1.29, 1.82) is 0 Å². The molecule has 0 radical (unpaired) electrons. The van der Waals surface area contributed by atoms with Gasteiger partial charge in [-0.15, -0.1) is 0 Å². The number of rotatable bonds is 5. The first kappa shape index (κ1) is 15.9. The van der Waals surface area contributed by atoms with Crippen molar-refractivity contribution < 1.29 is 32.6 Å². The van der Waals surface area contributed by atoms with E-state index in [4.69, 9.17) is 5.11 Å². The van der Waals surface area contributed by atoms with Crippen LogP contribution in [0.1, 0.15) is 12.8 Å². The van der Waals surface area contributed by atoms with Gasteiger partial charge in [0.2, 0.25) is 0 Å². The highest BCUT2D eigenvalue weighted by Crippen LogP contribution is 2.29. The Kier molecular flexibility index (Phi) is 4.74. The molecule has 3 N–H and O–H groups in total. The smallest absolute Gasteiger partial charge is 0.387 e. The van der Waals surface area contributed by atoms with Crippen molar-refractivity contribution in [1.82, 2.24) is 5.32 Å². The topological polar surface area (TPSA) is 87.7 Å². The zero-order valence-electron chi connectivity index (χ0n) is 11.2. The quantitative estimate of drug-likeness (QED) is 0.778. The monoisotopic (exact) mass is 318 g/mol. The van der Waals surface area contributed by atoms with Gasteiger partial charge in [0, 0.05) is 12.1 Å². The lowest BCUT2D eigenvalue weighted by Gasteiger charge is -2.32. The Bertz CT molecular complexity index is 576. The van der Waals surface area contributed by atoms with Gasteiger partial charge in [0.15, 0.2) is 0 Å². The van der Waals surface area contributed by atoms with E-state index in [2.05, 4.69) is 15.4 Å². The Hall–Kier alpha value is -2.45. The third-order valence-corrected chi connectivity index (χ3v) is 3.23. The molecule has 0 atom stereocenters. The van der Waals surface area contributed by atoms with Gasteiger partial charge in [-0.25, -0.2) is 9.18 Å². The summed E-state index contributed by atoms with van der Waals surface area (Å²) in [6.07, 6.45) is 0.568. The second-order valence-corrected chi connectivity index (χ2v) is 4.82. The maximum atomic E-state index is 13.1. The van der Waals surface area contributed by atoms with Gasteiger partial charge in [-0.2, -0.15) is 8.78 Å². The maximum Gasteiger partial charge on any atom is 0.387 e. The number of halogens is 3. The Morgan fingerprint density at radius 2 is 2.00 bits per heavy atom. The molecular weight excluding hydrogens is 305 g/mol. The van der Waals surface area contributed by atoms with Crippen molar-refractivity contribution in [3.63, 3.8) is 0 Å². The van der Waals surface area contributed by atoms with Gasteiger partial charge in [0.25, 0.3) is 0 Å². The zero-order chi connectivity index (χ0) is 16.3. The van der Waals surface area contributed by atoms with Crippen LogP contribution in [0.3, 0.4) is 0 Å². The highest BCUT2D eigenvalue weighted by atomic mass is 19.3. The fraction of sp³-hybridized carbons (Fsp3) is 0.385. The average Bonchev–Trinajstić information content (AvgIpc) is 2.35. The molecule has 120 valence electrons. The SMILES string of the molecule is O=C(Nc1cc(F)ccc1OC(F)F)NC1CC(C(=O)O)C1. The average molecular weight is 318 g/mol. The first-order chi connectivity index (χ1) is 10.3. The number of alkyl halides is 2. The number of hydrogen-bond acceptors (Lipinski definition) is 3. The lowest BCUT2D eigenvalue weighted by molar-refractivity contribution is -0.145. The third kappa shape index (κ3) is 4.03. The van der Waals surface area contributed by atoms with E-state index in [0.717, 1.165) is 18.2 Å². The van der Waals surface area contributed by atoms with Crippen LogP contribution < -0.4 is 15.4 Å². The van der Waals surface area contributed by atoms with Crippen LogP contribution in [0.2, 0.25) is 0 Å². The number of ether oxygens (including phenoxy) is 1. The number of aliphatic carboxylic acids is 1. The van der Waals surface area contributed by atoms with Crippen LogP contribution in [-0.4, -0.2) is 29.8 Å². The predicted octanol–water partition coefficient (Wildman–Crippen LogP) is 2.41. The van der Waals surface area contributed by atoms with Crippen molar-refractivity contribution in [2.45, 2.75) is 25.5 Å². The fourth-order valence-corrected chi connectivity index (χ4v) is 2.08. The fourth-order valence-electron chi connectivity index (χ4n) is 2.08. The minimum atomic E-state index is -3.11. The Morgan fingerprint density at radius 1 is 1.32 bits per heavy atom. The number of carboxylic acid groups (broad SMARTS) is 1. The largest absolute Gasteiger partial charge is 0.481 e. The molecule has 0 heterocycles. The molecule has 0 unspecified atom stereocenters. The summed E-state index contributed by atoms with van der Waals surface area (Å²) in [7, 11) is 0. The van der Waals surface area contributed by atoms with E-state index < -0.39 is 30.3 Å². The Labute approximate surface area is 123 Å². The number of anilines is 1. The summed E-state index contributed by atoms with van der Waals surface area (Å²) < 4.78 is 41.8. The highest BCUT2D eigenvalue weighted by Gasteiger charge is 2.35. The lowest BCUT2D eigenvalue weighted by Crippen LogP contribution is -2.48. The molecule has 1 aromatic carbocycles. The number of carboxylic acids is 1. The molecular formula is C13H13F3N2O4. The molecule has 9 heteroatoms. The first-order valence-corrected chi connectivity index (χ1v) is 6.40. The molecule has 0 aromatic heterocycles. The van der Waals surface area contributed by atoms with Crippen molar-refractivity contribution in [3.05, 3.63) is 24.0 Å². The van der Waals surface area contributed by atoms with Crippen molar-refractivity contribution in [3.8, 4) is 5.75 Å². The van der Waals surface area contributed by atoms with Crippen LogP contribution in [0.25, 0.3) is 0 Å². The molecule has 22 heavy (non-hydrogen) atoms. The molecule has 1 saturated carbocycles. The van der Waals surface area contributed by atoms with Crippen molar-refractivity contribution in [2.24, 2.45) is 5.92 Å². The zero-order valence-corrected chi connectivity index (χ0v) is 11.2. The number of benzene rings is 1. The maximum absolute atomic E-state index is 13.1. The normalized spacial score (nSPS) is 20.2. The van der Waals surface area contributed by atoms with Crippen LogP contribution in [0, 0.1) is 11.7 Å². The van der Waals surface area contributed by atoms with E-state index in [1.54, 1.807) is 0 Å². The van der Waals surface area contributed by atoms with E-state index >= 15 is 0 Å². The Morgan fingerprint density at radius 3 is 2.59 bits per heavy atom. The summed E-state index contributed by atoms with van der Waals surface area (Å²) >= 11 is 0. The molecule has 0 bridgehead atoms. The molecule has 0 saturated heterocycles. The molecule has 2 amide bonds. The summed E-state index contributed by atoms with van der Waals surface area (Å²) in [4.78, 5) is 22.3. The second kappa shape index (κ2) is 6.54. The van der Waals surface area contributed by atoms with Crippen LogP contribution >= 0.6 is 0 Å². The molecule has 1 aliphatic carbocycles. The van der Waals surface area contributed by atoms with E-state index in [1.807, 2.05) is 0 Å². The van der Waals surface area contributed by atoms with Crippen LogP contribution in [-0.2, 0) is 4.79 Å². The Balaban J connectivity index is 1.94. The van der Waals surface area contributed by atoms with E-state index in [-0.39, 0.29) is 30.3 Å². The van der Waals surface area contributed by atoms with Crippen LogP contribution in [0.15, 0.2) is 18.2 Å². The highest BCUT2D eigenvalue weighted by molar-refractivity contribution is 5.91. The van der Waals surface area contributed by atoms with Gasteiger partial charge >= 0.3 is 18.6 Å². The van der Waals surface area contributed by atoms with Crippen molar-refractivity contribution >= 4 is 17.7 Å². The minimum Gasteiger partial charge on any atom is -0.481 e. The van der Waals surface area contributed by atoms with E-state index in [0.29, 0.717) is 0 Å². The molecule has 2 rings (SSSR count). The number of urea groups is 1. The van der Waals surface area contributed by atoms with Crippen molar-refractivity contribution in [2.75, 3.05) is 5.32 Å². The third-order valence-electron chi connectivity index (χ3n) is 3.23. The van der Waals surface area contributed by atoms with Crippen LogP contribution in [0.4, 0.5) is 23.7 Å². The number of amides is 2. The summed E-state index contributed by atoms with van der Waals surface area (Å²) in [5.74, 6) is -2.54. The van der Waals surface area contributed by atoms with Gasteiger partial charge in [-0.05, 0) is 25.0 Å². The van der Waals surface area contributed by atoms with E-state index in [9.17, 15) is 22.8 Å². The molecule has 0 spiro atoms. The van der Waals surface area contributed by atoms with Crippen LogP contribution in [0.5, 0.6) is 5.75 Å². The van der Waals surface area contributed by atoms with Gasteiger partial charge < -0.3 is 20.5 Å². The summed E-state index contributed by atoms with van der Waals surface area (Å²) in [6.45, 7) is -3.11. The van der Waals surface area contributed by atoms with Gasteiger partial charge in [0.05, 0.1) is 11.6 Å². The predicted molar refractivity (Wildman–Crippen MR) is 69.3 cm³/mol. The van der Waals surface area contributed by atoms with Gasteiger partial charge in [-0.3, -0.25) is 4.79 Å². The van der Waals surface area contributed by atoms with Gasteiger partial charge in [-0.1, -0.05) is 0 Å².